The average molecular weight is 617 g/mol. The molecule has 2 fully saturated rings. The van der Waals surface area contributed by atoms with Gasteiger partial charge in [-0.1, -0.05) is 42.0 Å². The molecule has 0 aliphatic carbocycles. The summed E-state index contributed by atoms with van der Waals surface area (Å²) in [4.78, 5) is 14.4. The zero-order valence-corrected chi connectivity index (χ0v) is 23.6. The van der Waals surface area contributed by atoms with Crippen molar-refractivity contribution >= 4 is 15.9 Å². The van der Waals surface area contributed by atoms with Gasteiger partial charge in [-0.3, -0.25) is 9.80 Å². The van der Waals surface area contributed by atoms with Crippen LogP contribution in [0, 0.1) is 6.92 Å². The van der Waals surface area contributed by atoms with E-state index in [1.807, 2.05) is 6.92 Å². The number of halogens is 4. The summed E-state index contributed by atoms with van der Waals surface area (Å²) in [5, 5.41) is 0.987. The predicted octanol–water partition coefficient (Wildman–Crippen LogP) is 2.67. The van der Waals surface area contributed by atoms with Crippen molar-refractivity contribution < 1.29 is 45.0 Å². The lowest BCUT2D eigenvalue weighted by atomic mass is 9.87. The topological polar surface area (TPSA) is 123 Å². The fourth-order valence-electron chi connectivity index (χ4n) is 4.42. The number of hydrazine groups is 1. The van der Waals surface area contributed by atoms with E-state index in [2.05, 4.69) is 4.72 Å². The lowest BCUT2D eigenvalue weighted by molar-refractivity contribution is -0.136. The van der Waals surface area contributed by atoms with Crippen molar-refractivity contribution in [2.24, 2.45) is 5.84 Å². The molecule has 2 aromatic carbocycles. The third kappa shape index (κ3) is 8.41. The molecule has 0 saturated carbocycles. The number of alkyl halides is 4. The molecule has 1 unspecified atom stereocenters. The summed E-state index contributed by atoms with van der Waals surface area (Å²) in [5.41, 5.74) is -0.261. The van der Waals surface area contributed by atoms with E-state index in [1.165, 1.54) is 24.3 Å². The number of nitrogens with one attached hydrogen (secondary N) is 1. The zero-order chi connectivity index (χ0) is 30.5. The molecule has 2 aliphatic heterocycles. The number of carbonyl (C=O) groups is 1. The molecule has 2 heterocycles. The maximum atomic E-state index is 15.8. The van der Waals surface area contributed by atoms with Crippen LogP contribution in [0.3, 0.4) is 0 Å². The number of hydrogen-bond acceptors (Lipinski definition) is 8. The summed E-state index contributed by atoms with van der Waals surface area (Å²) in [7, 11) is -4.78. The number of sulfonamides is 1. The standard InChI is InChI=1S/C27H32F4N4O6S/c1-19-5-7-22(8-6-19)41-25(35(32)15-24(36)34-9-11-39-12-10-34)14-23(28)20-3-2-4-21(13-20)26(16-40-17-26)33-42(37,38)18-27(29,30)31/h2-8,13-14,23,33H,9-12,15-18,32H2,1H3. The lowest BCUT2D eigenvalue weighted by Gasteiger charge is -2.42. The third-order valence-electron chi connectivity index (χ3n) is 6.64. The quantitative estimate of drug-likeness (QED) is 0.171. The Labute approximate surface area is 241 Å². The van der Waals surface area contributed by atoms with Gasteiger partial charge in [0.2, 0.25) is 21.8 Å². The molecule has 10 nitrogen and oxygen atoms in total. The number of nitrogens with two attached hydrogens (primary N) is 1. The Morgan fingerprint density at radius 1 is 1.17 bits per heavy atom. The van der Waals surface area contributed by atoms with E-state index in [9.17, 15) is 26.4 Å². The van der Waals surface area contributed by atoms with Gasteiger partial charge in [0, 0.05) is 19.2 Å². The van der Waals surface area contributed by atoms with Crippen molar-refractivity contribution in [3.8, 4) is 5.75 Å². The summed E-state index contributed by atoms with van der Waals surface area (Å²) in [6.45, 7) is 2.66. The van der Waals surface area contributed by atoms with Gasteiger partial charge in [-0.15, -0.1) is 0 Å². The second kappa shape index (κ2) is 13.0. The minimum Gasteiger partial charge on any atom is -0.440 e. The molecule has 4 rings (SSSR count). The molecule has 1 amide bonds. The highest BCUT2D eigenvalue weighted by Gasteiger charge is 2.46. The Morgan fingerprint density at radius 3 is 2.43 bits per heavy atom. The predicted molar refractivity (Wildman–Crippen MR) is 144 cm³/mol. The molecular formula is C27H32F4N4O6S. The van der Waals surface area contributed by atoms with E-state index in [0.29, 0.717) is 32.1 Å². The summed E-state index contributed by atoms with van der Waals surface area (Å²) >= 11 is 0. The molecule has 2 aliphatic rings. The van der Waals surface area contributed by atoms with Crippen molar-refractivity contribution in [1.29, 1.82) is 0 Å². The fourth-order valence-corrected chi connectivity index (χ4v) is 5.76. The number of allylic oxidation sites excluding steroid dienone is 1. The molecule has 0 aromatic heterocycles. The van der Waals surface area contributed by atoms with Crippen LogP contribution in [0.2, 0.25) is 0 Å². The van der Waals surface area contributed by atoms with E-state index in [1.54, 1.807) is 29.2 Å². The first kappa shape index (κ1) is 31.7. The molecule has 2 aromatic rings. The zero-order valence-electron chi connectivity index (χ0n) is 22.8. The van der Waals surface area contributed by atoms with Gasteiger partial charge in [-0.2, -0.15) is 17.9 Å². The highest BCUT2D eigenvalue weighted by Crippen LogP contribution is 2.34. The molecule has 0 radical (unpaired) electrons. The number of rotatable bonds is 11. The first-order valence-electron chi connectivity index (χ1n) is 13.0. The Morgan fingerprint density at radius 2 is 1.83 bits per heavy atom. The van der Waals surface area contributed by atoms with Crippen LogP contribution in [0.15, 0.2) is 60.5 Å². The van der Waals surface area contributed by atoms with Crippen molar-refractivity contribution in [1.82, 2.24) is 14.6 Å². The molecule has 1 atom stereocenters. The fraction of sp³-hybridized carbons (Fsp3) is 0.444. The lowest BCUT2D eigenvalue weighted by Crippen LogP contribution is -2.60. The highest BCUT2D eigenvalue weighted by atomic mass is 32.2. The van der Waals surface area contributed by atoms with Gasteiger partial charge in [0.25, 0.3) is 0 Å². The van der Waals surface area contributed by atoms with Crippen LogP contribution < -0.4 is 15.3 Å². The Bertz CT molecular complexity index is 1380. The Hall–Kier alpha value is -3.24. The Balaban J connectivity index is 1.58. The van der Waals surface area contributed by atoms with E-state index in [0.717, 1.165) is 16.6 Å². The number of aryl methyl sites for hydroxylation is 1. The third-order valence-corrected chi connectivity index (χ3v) is 8.05. The number of morpholine rings is 1. The first-order chi connectivity index (χ1) is 19.8. The number of carbonyl (C=O) groups excluding carboxylic acids is 1. The normalized spacial score (nSPS) is 18.2. The summed E-state index contributed by atoms with van der Waals surface area (Å²) < 4.78 is 97.0. The highest BCUT2D eigenvalue weighted by molar-refractivity contribution is 7.89. The molecule has 0 spiro atoms. The summed E-state index contributed by atoms with van der Waals surface area (Å²) in [6.07, 6.45) is -5.75. The smallest absolute Gasteiger partial charge is 0.404 e. The van der Waals surface area contributed by atoms with Gasteiger partial charge in [0.15, 0.2) is 5.75 Å². The van der Waals surface area contributed by atoms with Crippen LogP contribution in [-0.4, -0.2) is 82.2 Å². The number of amides is 1. The first-order valence-corrected chi connectivity index (χ1v) is 14.7. The van der Waals surface area contributed by atoms with Gasteiger partial charge < -0.3 is 19.1 Å². The molecule has 230 valence electrons. The van der Waals surface area contributed by atoms with Crippen LogP contribution >= 0.6 is 0 Å². The van der Waals surface area contributed by atoms with Crippen LogP contribution in [-0.2, 0) is 29.8 Å². The van der Waals surface area contributed by atoms with Crippen LogP contribution in [0.4, 0.5) is 17.6 Å². The average Bonchev–Trinajstić information content (AvgIpc) is 2.90. The van der Waals surface area contributed by atoms with E-state index in [4.69, 9.17) is 20.1 Å². The second-order valence-electron chi connectivity index (χ2n) is 10.1. The number of nitrogens with zero attached hydrogens (tertiary/aromatic N) is 2. The van der Waals surface area contributed by atoms with E-state index >= 15 is 4.39 Å². The summed E-state index contributed by atoms with van der Waals surface area (Å²) in [5.74, 6) is 3.99. The van der Waals surface area contributed by atoms with E-state index in [-0.39, 0.29) is 42.7 Å². The molecule has 2 saturated heterocycles. The second-order valence-corrected chi connectivity index (χ2v) is 11.8. The summed E-state index contributed by atoms with van der Waals surface area (Å²) in [6, 6.07) is 12.6. The number of ether oxygens (including phenoxy) is 3. The maximum absolute atomic E-state index is 15.8. The molecule has 15 heteroatoms. The number of hydrogen-bond donors (Lipinski definition) is 2. The number of benzene rings is 2. The molecule has 0 bridgehead atoms. The van der Waals surface area contributed by atoms with Crippen LogP contribution in [0.5, 0.6) is 5.75 Å². The van der Waals surface area contributed by atoms with Crippen LogP contribution in [0.1, 0.15) is 22.9 Å². The van der Waals surface area contributed by atoms with E-state index < -0.39 is 33.7 Å². The van der Waals surface area contributed by atoms with Crippen LogP contribution in [0.25, 0.3) is 0 Å². The molecule has 42 heavy (non-hydrogen) atoms. The van der Waals surface area contributed by atoms with Gasteiger partial charge in [-0.05, 0) is 30.2 Å². The largest absolute Gasteiger partial charge is 0.440 e. The van der Waals surface area contributed by atoms with Crippen molar-refractivity contribution in [3.63, 3.8) is 0 Å². The van der Waals surface area contributed by atoms with Gasteiger partial charge in [0.05, 0.1) is 26.4 Å². The SMILES string of the molecule is Cc1ccc(OC(=CC(F)c2cccc(C3(NS(=O)(=O)CC(F)(F)F)COC3)c2)N(N)CC(=O)N2CCOCC2)cc1. The minimum atomic E-state index is -4.95. The van der Waals surface area contributed by atoms with Crippen molar-refractivity contribution in [3.05, 3.63) is 77.2 Å². The van der Waals surface area contributed by atoms with Gasteiger partial charge >= 0.3 is 6.18 Å². The minimum absolute atomic E-state index is 0.0479. The Kier molecular flexibility index (Phi) is 9.77. The van der Waals surface area contributed by atoms with Crippen molar-refractivity contribution in [2.45, 2.75) is 24.8 Å². The van der Waals surface area contributed by atoms with Gasteiger partial charge in [0.1, 0.15) is 24.0 Å². The maximum Gasteiger partial charge on any atom is 0.404 e. The monoisotopic (exact) mass is 616 g/mol. The van der Waals surface area contributed by atoms with Crippen molar-refractivity contribution in [2.75, 3.05) is 51.8 Å². The molecular weight excluding hydrogens is 584 g/mol. The van der Waals surface area contributed by atoms with Gasteiger partial charge in [-0.25, -0.2) is 18.7 Å². The molecule has 3 N–H and O–H groups in total.